The van der Waals surface area contributed by atoms with Gasteiger partial charge in [0.2, 0.25) is 0 Å². The summed E-state index contributed by atoms with van der Waals surface area (Å²) >= 11 is 5.05. The third-order valence-electron chi connectivity index (χ3n) is 5.58. The van der Waals surface area contributed by atoms with E-state index in [4.69, 9.17) is 30.9 Å². The lowest BCUT2D eigenvalue weighted by Gasteiger charge is -2.37. The zero-order valence-electron chi connectivity index (χ0n) is 16.4. The molecule has 2 fully saturated rings. The number of ether oxygens (including phenoxy) is 3. The van der Waals surface area contributed by atoms with Gasteiger partial charge in [0.05, 0.1) is 6.61 Å². The maximum absolute atomic E-state index is 12.3. The van der Waals surface area contributed by atoms with E-state index >= 15 is 0 Å². The van der Waals surface area contributed by atoms with Crippen LogP contribution in [-0.2, 0) is 18.6 Å². The Hall–Kier alpha value is -1.49. The van der Waals surface area contributed by atoms with Crippen LogP contribution in [0.25, 0.3) is 0 Å². The van der Waals surface area contributed by atoms with Gasteiger partial charge in [0.15, 0.2) is 26.8 Å². The van der Waals surface area contributed by atoms with Crippen LogP contribution in [0.4, 0.5) is 0 Å². The zero-order valence-corrected chi connectivity index (χ0v) is 18.2. The molecule has 150 valence electrons. The van der Waals surface area contributed by atoms with Gasteiger partial charge < -0.3 is 18.6 Å². The Morgan fingerprint density at radius 3 is 2.52 bits per heavy atom. The first-order chi connectivity index (χ1) is 12.4. The van der Waals surface area contributed by atoms with Gasteiger partial charge in [0.25, 0.3) is 5.56 Å². The number of H-pyrrole nitrogens is 1. The number of aromatic nitrogens is 2. The fourth-order valence-electron chi connectivity index (χ4n) is 2.87. The molecule has 1 aromatic rings. The lowest BCUT2D eigenvalue weighted by atomic mass is 10.2. The number of nitrogens with one attached hydrogen (secondary N) is 1. The minimum atomic E-state index is -1.99. The average molecular weight is 420 g/mol. The maximum Gasteiger partial charge on any atom is 0.353 e. The number of rotatable bonds is 4. The molecule has 4 atom stereocenters. The van der Waals surface area contributed by atoms with Crippen molar-refractivity contribution in [3.05, 3.63) is 32.6 Å². The van der Waals surface area contributed by atoms with Gasteiger partial charge in [-0.1, -0.05) is 20.8 Å². The Labute approximate surface area is 163 Å². The average Bonchev–Trinajstić information content (AvgIpc) is 3.06. The van der Waals surface area contributed by atoms with Crippen LogP contribution < -0.4 is 11.2 Å². The van der Waals surface area contributed by atoms with E-state index in [1.807, 2.05) is 0 Å². The first-order valence-electron chi connectivity index (χ1n) is 8.89. The van der Waals surface area contributed by atoms with Crippen LogP contribution in [0.2, 0.25) is 18.1 Å². The van der Waals surface area contributed by atoms with E-state index in [2.05, 4.69) is 38.8 Å². The van der Waals surface area contributed by atoms with Crippen molar-refractivity contribution < 1.29 is 18.6 Å². The SMILES string of the molecule is Cc1cn([13C@@H]2O[13C@H]([13CH2]O[Si](C)(C)C(C)(C)C)[13C@H]3OC(=S)O[13C@H]32)c(=O)[nH]c1=O. The van der Waals surface area contributed by atoms with Crippen LogP contribution in [-0.4, -0.2) is 48.0 Å². The molecule has 0 bridgehead atoms. The predicted molar refractivity (Wildman–Crippen MR) is 105 cm³/mol. The lowest BCUT2D eigenvalue weighted by Crippen LogP contribution is -2.44. The summed E-state index contributed by atoms with van der Waals surface area (Å²) in [7, 11) is -1.99. The highest BCUT2D eigenvalue weighted by atomic mass is 32.1. The summed E-state index contributed by atoms with van der Waals surface area (Å²) in [5, 5.41) is 0.0875. The van der Waals surface area contributed by atoms with E-state index in [9.17, 15) is 9.59 Å². The first-order valence-corrected chi connectivity index (χ1v) is 12.2. The fourth-order valence-corrected chi connectivity index (χ4v) is 4.10. The van der Waals surface area contributed by atoms with Crippen molar-refractivity contribution in [2.24, 2.45) is 0 Å². The largest absolute Gasteiger partial charge is 0.447 e. The van der Waals surface area contributed by atoms with Crippen molar-refractivity contribution in [2.45, 2.75) is 70.4 Å². The fraction of sp³-hybridized carbons (Fsp3) is 0.706. The highest BCUT2D eigenvalue weighted by Gasteiger charge is 2.54. The van der Waals surface area contributed by atoms with Crippen LogP contribution in [0, 0.1) is 6.92 Å². The molecule has 2 saturated heterocycles. The molecule has 0 spiro atoms. The summed E-state index contributed by atoms with van der Waals surface area (Å²) in [6.45, 7) is 12.7. The Balaban J connectivity index is 1.85. The molecule has 0 saturated carbocycles. The van der Waals surface area contributed by atoms with Crippen molar-refractivity contribution in [3.63, 3.8) is 0 Å². The zero-order chi connectivity index (χ0) is 20.1. The Bertz CT molecular complexity index is 858. The van der Waals surface area contributed by atoms with E-state index in [0.717, 1.165) is 0 Å². The minimum absolute atomic E-state index is 0.0322. The number of fused-ring (bicyclic) bond motifs is 1. The second kappa shape index (κ2) is 6.84. The summed E-state index contributed by atoms with van der Waals surface area (Å²) in [5.41, 5.74) is -0.596. The minimum Gasteiger partial charge on any atom is -0.447 e. The summed E-state index contributed by atoms with van der Waals surface area (Å²) in [6.07, 6.45) is -0.773. The van der Waals surface area contributed by atoms with E-state index in [-0.39, 0.29) is 10.3 Å². The van der Waals surface area contributed by atoms with E-state index in [1.165, 1.54) is 10.8 Å². The third-order valence-corrected chi connectivity index (χ3v) is 10.3. The molecule has 0 aromatic carbocycles. The number of thiocarbonyl (C=S) groups is 1. The maximum atomic E-state index is 12.3. The van der Waals surface area contributed by atoms with E-state index < -0.39 is 44.1 Å². The molecule has 3 rings (SSSR count). The van der Waals surface area contributed by atoms with Gasteiger partial charge in [-0.25, -0.2) is 4.79 Å². The van der Waals surface area contributed by atoms with Gasteiger partial charge in [0.1, 0.15) is 6.10 Å². The Kier molecular flexibility index (Phi) is 5.13. The number of aryl methyl sites for hydroxylation is 1. The van der Waals surface area contributed by atoms with Gasteiger partial charge in [-0.2, -0.15) is 0 Å². The smallest absolute Gasteiger partial charge is 0.353 e. The molecule has 0 radical (unpaired) electrons. The Morgan fingerprint density at radius 1 is 1.26 bits per heavy atom. The third kappa shape index (κ3) is 3.75. The molecule has 3 heterocycles. The highest BCUT2D eigenvalue weighted by molar-refractivity contribution is 7.79. The van der Waals surface area contributed by atoms with Crippen LogP contribution in [0.5, 0.6) is 0 Å². The molecule has 0 amide bonds. The van der Waals surface area contributed by atoms with Crippen LogP contribution in [0.15, 0.2) is 15.8 Å². The molecule has 1 aromatic heterocycles. The number of aromatic amines is 1. The second-order valence-electron chi connectivity index (χ2n) is 8.53. The molecule has 0 unspecified atom stereocenters. The quantitative estimate of drug-likeness (QED) is 0.452. The Morgan fingerprint density at radius 2 is 1.89 bits per heavy atom. The van der Waals surface area contributed by atoms with Crippen molar-refractivity contribution in [1.82, 2.24) is 9.55 Å². The molecule has 10 heteroatoms. The second-order valence-corrected chi connectivity index (χ2v) is 13.7. The predicted octanol–water partition coefficient (Wildman–Crippen LogP) is 1.83. The van der Waals surface area contributed by atoms with Crippen molar-refractivity contribution in [1.29, 1.82) is 0 Å². The topological polar surface area (TPSA) is 91.8 Å². The van der Waals surface area contributed by atoms with Gasteiger partial charge in [-0.15, -0.1) is 0 Å². The molecule has 1 N–H and O–H groups in total. The van der Waals surface area contributed by atoms with Gasteiger partial charge in [-0.3, -0.25) is 14.3 Å². The van der Waals surface area contributed by atoms with Gasteiger partial charge in [-0.05, 0) is 25.1 Å². The van der Waals surface area contributed by atoms with Crippen LogP contribution >= 0.6 is 12.2 Å². The van der Waals surface area contributed by atoms with E-state index in [0.29, 0.717) is 12.2 Å². The summed E-state index contributed by atoms with van der Waals surface area (Å²) in [5.74, 6) is 0. The van der Waals surface area contributed by atoms with Crippen LogP contribution in [0.1, 0.15) is 32.6 Å². The van der Waals surface area contributed by atoms with E-state index in [1.54, 1.807) is 6.92 Å². The van der Waals surface area contributed by atoms with Gasteiger partial charge >= 0.3 is 10.9 Å². The molecular formula is C17H26N2O6SSi. The van der Waals surface area contributed by atoms with Gasteiger partial charge in [0, 0.05) is 24.0 Å². The summed E-state index contributed by atoms with van der Waals surface area (Å²) in [4.78, 5) is 26.2. The number of hydrogen-bond acceptors (Lipinski definition) is 7. The molecule has 2 aliphatic heterocycles. The number of nitrogens with zero attached hydrogens (tertiary/aromatic N) is 1. The van der Waals surface area contributed by atoms with Crippen molar-refractivity contribution >= 4 is 25.8 Å². The molecule has 2 aliphatic rings. The monoisotopic (exact) mass is 419 g/mol. The lowest BCUT2D eigenvalue weighted by molar-refractivity contribution is -0.0617. The normalized spacial score (nSPS) is 28.0. The molecular weight excluding hydrogens is 393 g/mol. The standard InChI is InChI=1S/C17H26N2O6SSi/c1-9-7-19(15(21)18-13(9)20)14-12-11(24-16(26)25-12)10(23-14)8-22-27(5,6)17(2,3)4/h7,10-12,14H,8H2,1-6H3,(H,18,20,21)/t10-,11-,12-,14-/m1/s1/i8+1,10+1,11+1,12+1,14+1. The number of hydrogen-bond donors (Lipinski definition) is 1. The first kappa shape index (κ1) is 20.2. The summed E-state index contributed by atoms with van der Waals surface area (Å²) in [6, 6.07) is 0. The van der Waals surface area contributed by atoms with Crippen LogP contribution in [0.3, 0.4) is 0 Å². The van der Waals surface area contributed by atoms with Crippen molar-refractivity contribution in [3.8, 4) is 0 Å². The molecule has 0 aliphatic carbocycles. The molecule has 27 heavy (non-hydrogen) atoms. The van der Waals surface area contributed by atoms with Crippen molar-refractivity contribution in [2.75, 3.05) is 6.61 Å². The molecule has 8 nitrogen and oxygen atoms in total. The summed E-state index contributed by atoms with van der Waals surface area (Å²) < 4.78 is 24.9. The highest BCUT2D eigenvalue weighted by Crippen LogP contribution is 2.40.